The molecule has 0 aliphatic carbocycles. The SMILES string of the molecule is C=C1NC(=O)N=CN1C(C)C. The molecule has 0 aromatic rings. The highest BCUT2D eigenvalue weighted by Gasteiger charge is 2.15. The molecule has 11 heavy (non-hydrogen) atoms. The van der Waals surface area contributed by atoms with Crippen LogP contribution in [0.3, 0.4) is 0 Å². The number of carbonyl (C=O) groups excluding carboxylic acids is 1. The fraction of sp³-hybridized carbons (Fsp3) is 0.429. The number of nitrogens with one attached hydrogen (secondary N) is 1. The van der Waals surface area contributed by atoms with Crippen molar-refractivity contribution in [2.45, 2.75) is 19.9 Å². The average molecular weight is 153 g/mol. The van der Waals surface area contributed by atoms with Gasteiger partial charge in [-0.2, -0.15) is 4.99 Å². The van der Waals surface area contributed by atoms with E-state index in [4.69, 9.17) is 0 Å². The van der Waals surface area contributed by atoms with Crippen LogP contribution in [0.1, 0.15) is 13.8 Å². The lowest BCUT2D eigenvalue weighted by Gasteiger charge is -2.28. The number of amides is 2. The summed E-state index contributed by atoms with van der Waals surface area (Å²) in [6.45, 7) is 7.66. The van der Waals surface area contributed by atoms with Crippen molar-refractivity contribution in [2.75, 3.05) is 0 Å². The van der Waals surface area contributed by atoms with E-state index in [0.29, 0.717) is 5.82 Å². The van der Waals surface area contributed by atoms with Crippen molar-refractivity contribution < 1.29 is 4.79 Å². The summed E-state index contributed by atoms with van der Waals surface area (Å²) in [6, 6.07) is -0.0845. The Hall–Kier alpha value is -1.32. The molecule has 1 aliphatic heterocycles. The molecule has 0 atom stereocenters. The van der Waals surface area contributed by atoms with Crippen LogP contribution in [0.2, 0.25) is 0 Å². The Labute approximate surface area is 65.6 Å². The number of hydrogen-bond acceptors (Lipinski definition) is 2. The molecule has 60 valence electrons. The van der Waals surface area contributed by atoms with Crippen LogP contribution in [0, 0.1) is 0 Å². The second-order valence-electron chi connectivity index (χ2n) is 2.62. The first-order chi connectivity index (χ1) is 5.11. The lowest BCUT2D eigenvalue weighted by atomic mass is 10.3. The Morgan fingerprint density at radius 2 is 2.36 bits per heavy atom. The van der Waals surface area contributed by atoms with Crippen molar-refractivity contribution in [1.29, 1.82) is 0 Å². The predicted octanol–water partition coefficient (Wildman–Crippen LogP) is 0.919. The molecule has 0 fully saturated rings. The van der Waals surface area contributed by atoms with Gasteiger partial charge in [0, 0.05) is 6.04 Å². The minimum absolute atomic E-state index is 0.270. The van der Waals surface area contributed by atoms with Gasteiger partial charge in [0.1, 0.15) is 12.2 Å². The summed E-state index contributed by atoms with van der Waals surface area (Å²) in [7, 11) is 0. The summed E-state index contributed by atoms with van der Waals surface area (Å²) in [5.41, 5.74) is 0. The van der Waals surface area contributed by atoms with Crippen LogP contribution in [0.25, 0.3) is 0 Å². The van der Waals surface area contributed by atoms with Crippen molar-refractivity contribution in [3.05, 3.63) is 12.4 Å². The van der Waals surface area contributed by atoms with Crippen molar-refractivity contribution in [2.24, 2.45) is 4.99 Å². The molecule has 0 spiro atoms. The first kappa shape index (κ1) is 7.78. The molecule has 2 amide bonds. The van der Waals surface area contributed by atoms with Gasteiger partial charge in [0.15, 0.2) is 0 Å². The highest BCUT2D eigenvalue weighted by molar-refractivity contribution is 5.87. The molecule has 0 unspecified atom stereocenters. The van der Waals surface area contributed by atoms with Crippen molar-refractivity contribution >= 4 is 12.4 Å². The molecular formula is C7H11N3O. The summed E-state index contributed by atoms with van der Waals surface area (Å²) in [6.07, 6.45) is 1.49. The topological polar surface area (TPSA) is 44.7 Å². The fourth-order valence-corrected chi connectivity index (χ4v) is 0.850. The third kappa shape index (κ3) is 1.58. The smallest absolute Gasteiger partial charge is 0.316 e. The zero-order valence-electron chi connectivity index (χ0n) is 6.66. The Morgan fingerprint density at radius 1 is 1.73 bits per heavy atom. The van der Waals surface area contributed by atoms with Gasteiger partial charge in [-0.25, -0.2) is 4.79 Å². The maximum absolute atomic E-state index is 10.6. The van der Waals surface area contributed by atoms with Gasteiger partial charge in [0.25, 0.3) is 0 Å². The number of rotatable bonds is 1. The van der Waals surface area contributed by atoms with Crippen LogP contribution < -0.4 is 5.32 Å². The molecule has 0 radical (unpaired) electrons. The molecule has 4 heteroatoms. The van der Waals surface area contributed by atoms with Crippen molar-refractivity contribution in [1.82, 2.24) is 10.2 Å². The van der Waals surface area contributed by atoms with E-state index in [1.165, 1.54) is 6.34 Å². The summed E-state index contributed by atoms with van der Waals surface area (Å²) < 4.78 is 0. The van der Waals surface area contributed by atoms with E-state index in [1.807, 2.05) is 13.8 Å². The van der Waals surface area contributed by atoms with Gasteiger partial charge >= 0.3 is 6.03 Å². The lowest BCUT2D eigenvalue weighted by molar-refractivity contribution is 0.245. The largest absolute Gasteiger partial charge is 0.347 e. The van der Waals surface area contributed by atoms with Gasteiger partial charge in [0.05, 0.1) is 0 Å². The van der Waals surface area contributed by atoms with E-state index < -0.39 is 0 Å². The van der Waals surface area contributed by atoms with Crippen LogP contribution in [0.5, 0.6) is 0 Å². The molecule has 1 aliphatic rings. The zero-order valence-corrected chi connectivity index (χ0v) is 6.66. The minimum atomic E-state index is -0.355. The minimum Gasteiger partial charge on any atom is -0.316 e. The molecule has 0 aromatic carbocycles. The van der Waals surface area contributed by atoms with Gasteiger partial charge in [-0.05, 0) is 13.8 Å². The maximum Gasteiger partial charge on any atom is 0.347 e. The second kappa shape index (κ2) is 2.74. The van der Waals surface area contributed by atoms with E-state index in [1.54, 1.807) is 4.90 Å². The Morgan fingerprint density at radius 3 is 2.82 bits per heavy atom. The number of urea groups is 1. The van der Waals surface area contributed by atoms with Crippen LogP contribution >= 0.6 is 0 Å². The molecule has 1 rings (SSSR count). The van der Waals surface area contributed by atoms with E-state index in [0.717, 1.165) is 0 Å². The summed E-state index contributed by atoms with van der Waals surface area (Å²) in [5, 5.41) is 2.51. The van der Waals surface area contributed by atoms with Gasteiger partial charge in [-0.1, -0.05) is 6.58 Å². The molecule has 0 saturated carbocycles. The quantitative estimate of drug-likeness (QED) is 0.608. The number of hydrogen-bond donors (Lipinski definition) is 1. The second-order valence-corrected chi connectivity index (χ2v) is 2.62. The maximum atomic E-state index is 10.6. The van der Waals surface area contributed by atoms with Gasteiger partial charge < -0.3 is 4.90 Å². The fourth-order valence-electron chi connectivity index (χ4n) is 0.850. The van der Waals surface area contributed by atoms with Crippen LogP contribution in [-0.4, -0.2) is 23.3 Å². The Bertz CT molecular complexity index is 220. The normalized spacial score (nSPS) is 17.5. The highest BCUT2D eigenvalue weighted by atomic mass is 16.2. The molecule has 1 heterocycles. The van der Waals surface area contributed by atoms with Crippen LogP contribution in [0.4, 0.5) is 4.79 Å². The summed E-state index contributed by atoms with van der Waals surface area (Å²) in [5.74, 6) is 0.583. The van der Waals surface area contributed by atoms with Crippen molar-refractivity contribution in [3.63, 3.8) is 0 Å². The Kier molecular flexibility index (Phi) is 1.94. The summed E-state index contributed by atoms with van der Waals surface area (Å²) in [4.78, 5) is 16.0. The lowest BCUT2D eigenvalue weighted by Crippen LogP contribution is -2.40. The Balaban J connectivity index is 2.76. The monoisotopic (exact) mass is 153 g/mol. The van der Waals surface area contributed by atoms with Crippen LogP contribution in [0.15, 0.2) is 17.4 Å². The third-order valence-corrected chi connectivity index (χ3v) is 1.42. The van der Waals surface area contributed by atoms with E-state index >= 15 is 0 Å². The molecule has 0 aromatic heterocycles. The number of aliphatic imine (C=N–C) groups is 1. The molecular weight excluding hydrogens is 142 g/mol. The van der Waals surface area contributed by atoms with E-state index in [9.17, 15) is 4.79 Å². The highest BCUT2D eigenvalue weighted by Crippen LogP contribution is 2.05. The van der Waals surface area contributed by atoms with Gasteiger partial charge in [-0.3, -0.25) is 5.32 Å². The van der Waals surface area contributed by atoms with Gasteiger partial charge in [0.2, 0.25) is 0 Å². The van der Waals surface area contributed by atoms with Crippen molar-refractivity contribution in [3.8, 4) is 0 Å². The molecule has 1 N–H and O–H groups in total. The number of nitrogens with zero attached hydrogens (tertiary/aromatic N) is 2. The predicted molar refractivity (Wildman–Crippen MR) is 43.1 cm³/mol. The number of carbonyl (C=O) groups is 1. The molecule has 0 saturated heterocycles. The first-order valence-electron chi connectivity index (χ1n) is 3.43. The average Bonchev–Trinajstić information content (AvgIpc) is 1.85. The van der Waals surface area contributed by atoms with Crippen LogP contribution in [-0.2, 0) is 0 Å². The molecule has 4 nitrogen and oxygen atoms in total. The van der Waals surface area contributed by atoms with E-state index in [-0.39, 0.29) is 12.1 Å². The third-order valence-electron chi connectivity index (χ3n) is 1.42. The first-order valence-corrected chi connectivity index (χ1v) is 3.43. The standard InChI is InChI=1S/C7H11N3O/c1-5(2)10-4-8-7(11)9-6(10)3/h4-5H,3H2,1-2H3,(H,9,11). The molecule has 0 bridgehead atoms. The summed E-state index contributed by atoms with van der Waals surface area (Å²) >= 11 is 0. The zero-order chi connectivity index (χ0) is 8.43. The van der Waals surface area contributed by atoms with E-state index in [2.05, 4.69) is 16.9 Å². The van der Waals surface area contributed by atoms with Gasteiger partial charge in [-0.15, -0.1) is 0 Å².